The number of fused-ring (bicyclic) bond motifs is 1. The molecule has 3 aromatic rings. The summed E-state index contributed by atoms with van der Waals surface area (Å²) in [6.07, 6.45) is 2.84. The molecule has 0 saturated carbocycles. The Hall–Kier alpha value is -3.88. The normalized spacial score (nSPS) is 12.7. The Bertz CT molecular complexity index is 1060. The molecule has 2 aromatic carbocycles. The largest absolute Gasteiger partial charge is 0.493 e. The van der Waals surface area contributed by atoms with Crippen LogP contribution in [0.15, 0.2) is 47.0 Å². The van der Waals surface area contributed by atoms with Crippen LogP contribution in [0.3, 0.4) is 0 Å². The van der Waals surface area contributed by atoms with Crippen molar-refractivity contribution in [2.75, 3.05) is 20.3 Å². The molecule has 1 aromatic heterocycles. The number of methoxy groups -OCH3 is 1. The van der Waals surface area contributed by atoms with E-state index >= 15 is 0 Å². The summed E-state index contributed by atoms with van der Waals surface area (Å²) in [7, 11) is 1.53. The van der Waals surface area contributed by atoms with Crippen LogP contribution in [0.4, 0.5) is 4.39 Å². The van der Waals surface area contributed by atoms with Gasteiger partial charge in [-0.3, -0.25) is 0 Å². The highest BCUT2D eigenvalue weighted by molar-refractivity contribution is 5.87. The molecule has 0 aliphatic carbocycles. The molecule has 30 heavy (non-hydrogen) atoms. The molecule has 8 nitrogen and oxygen atoms in total. The Morgan fingerprint density at radius 1 is 1.20 bits per heavy atom. The molecule has 154 valence electrons. The molecule has 1 aliphatic rings. The van der Waals surface area contributed by atoms with Gasteiger partial charge in [0, 0.05) is 11.6 Å². The fourth-order valence-corrected chi connectivity index (χ4v) is 2.76. The highest BCUT2D eigenvalue weighted by Gasteiger charge is 2.18. The van der Waals surface area contributed by atoms with Crippen LogP contribution in [0, 0.1) is 5.82 Å². The molecule has 0 spiro atoms. The number of ether oxygens (including phenoxy) is 4. The van der Waals surface area contributed by atoms with Crippen LogP contribution in [0.1, 0.15) is 11.5 Å². The van der Waals surface area contributed by atoms with Gasteiger partial charge in [0.15, 0.2) is 18.1 Å². The maximum absolute atomic E-state index is 13.0. The van der Waals surface area contributed by atoms with E-state index < -0.39 is 5.97 Å². The van der Waals surface area contributed by atoms with Crippen LogP contribution in [0.2, 0.25) is 0 Å². The van der Waals surface area contributed by atoms with Crippen molar-refractivity contribution in [3.8, 4) is 28.6 Å². The number of rotatable bonds is 6. The van der Waals surface area contributed by atoms with E-state index in [4.69, 9.17) is 23.5 Å². The average molecular weight is 412 g/mol. The highest BCUT2D eigenvalue weighted by Crippen LogP contribution is 2.40. The molecule has 0 radical (unpaired) electrons. The van der Waals surface area contributed by atoms with Gasteiger partial charge in [-0.05, 0) is 48.0 Å². The smallest absolute Gasteiger partial charge is 0.331 e. The summed E-state index contributed by atoms with van der Waals surface area (Å²) in [6, 6.07) is 9.12. The van der Waals surface area contributed by atoms with Crippen LogP contribution in [-0.2, 0) is 16.1 Å². The fourth-order valence-electron chi connectivity index (χ4n) is 2.76. The quantitative estimate of drug-likeness (QED) is 0.449. The number of benzene rings is 2. The molecule has 0 atom stereocenters. The lowest BCUT2D eigenvalue weighted by molar-refractivity contribution is -0.139. The lowest BCUT2D eigenvalue weighted by Crippen LogP contribution is -2.16. The Morgan fingerprint density at radius 3 is 2.80 bits per heavy atom. The van der Waals surface area contributed by atoms with Gasteiger partial charge in [-0.15, -0.1) is 0 Å². The van der Waals surface area contributed by atoms with E-state index in [1.807, 2.05) is 0 Å². The van der Waals surface area contributed by atoms with Crippen LogP contribution in [0.25, 0.3) is 17.5 Å². The van der Waals surface area contributed by atoms with E-state index in [2.05, 4.69) is 10.1 Å². The number of halogens is 1. The standard InChI is InChI=1S/C21H17FN2O6/c1-26-16-10-13(11-17-20(16)28-9-8-27-17)2-7-19(25)29-12-18-23-21(24-30-18)14-3-5-15(22)6-4-14/h2-7,10-11H,8-9,12H2,1H3/b7-2+. The third-order valence-electron chi connectivity index (χ3n) is 4.17. The van der Waals surface area contributed by atoms with Gasteiger partial charge in [0.2, 0.25) is 11.6 Å². The van der Waals surface area contributed by atoms with E-state index in [1.165, 1.54) is 37.5 Å². The number of esters is 1. The molecule has 0 fully saturated rings. The van der Waals surface area contributed by atoms with Crippen LogP contribution in [-0.4, -0.2) is 36.4 Å². The van der Waals surface area contributed by atoms with E-state index in [1.54, 1.807) is 18.2 Å². The lowest BCUT2D eigenvalue weighted by Gasteiger charge is -2.20. The van der Waals surface area contributed by atoms with Crippen molar-refractivity contribution in [2.24, 2.45) is 0 Å². The van der Waals surface area contributed by atoms with Crippen molar-refractivity contribution in [1.82, 2.24) is 10.1 Å². The second-order valence-corrected chi connectivity index (χ2v) is 6.21. The highest BCUT2D eigenvalue weighted by atomic mass is 19.1. The zero-order chi connectivity index (χ0) is 20.9. The zero-order valence-electron chi connectivity index (χ0n) is 16.0. The van der Waals surface area contributed by atoms with E-state index in [9.17, 15) is 9.18 Å². The molecule has 0 amide bonds. The molecule has 0 unspecified atom stereocenters. The molecule has 2 heterocycles. The van der Waals surface area contributed by atoms with Gasteiger partial charge in [-0.2, -0.15) is 4.98 Å². The summed E-state index contributed by atoms with van der Waals surface area (Å²) in [5.74, 6) is 1.05. The van der Waals surface area contributed by atoms with Crippen molar-refractivity contribution in [2.45, 2.75) is 6.61 Å². The van der Waals surface area contributed by atoms with Gasteiger partial charge in [-0.1, -0.05) is 5.16 Å². The maximum Gasteiger partial charge on any atom is 0.331 e. The van der Waals surface area contributed by atoms with E-state index in [-0.39, 0.29) is 24.1 Å². The maximum atomic E-state index is 13.0. The summed E-state index contributed by atoms with van der Waals surface area (Å²) in [6.45, 7) is 0.695. The topological polar surface area (TPSA) is 92.9 Å². The SMILES string of the molecule is COc1cc(/C=C/C(=O)OCc2nc(-c3ccc(F)cc3)no2)cc2c1OCCO2. The first-order chi connectivity index (χ1) is 14.6. The van der Waals surface area contributed by atoms with Crippen molar-refractivity contribution < 1.29 is 32.7 Å². The minimum atomic E-state index is -0.592. The number of carbonyl (C=O) groups excluding carboxylic acids is 1. The van der Waals surface area contributed by atoms with Gasteiger partial charge in [0.1, 0.15) is 19.0 Å². The molecular weight excluding hydrogens is 395 g/mol. The number of nitrogens with zero attached hydrogens (tertiary/aromatic N) is 2. The van der Waals surface area contributed by atoms with Gasteiger partial charge >= 0.3 is 5.97 Å². The Kier molecular flexibility index (Phi) is 5.60. The number of carbonyl (C=O) groups is 1. The second kappa shape index (κ2) is 8.64. The molecular formula is C21H17FN2O6. The number of hydrogen-bond donors (Lipinski definition) is 0. The van der Waals surface area contributed by atoms with Crippen LogP contribution in [0.5, 0.6) is 17.2 Å². The molecule has 0 bridgehead atoms. The lowest BCUT2D eigenvalue weighted by atomic mass is 10.1. The van der Waals surface area contributed by atoms with Gasteiger partial charge in [0.05, 0.1) is 7.11 Å². The summed E-state index contributed by atoms with van der Waals surface area (Å²) >= 11 is 0. The Morgan fingerprint density at radius 2 is 2.00 bits per heavy atom. The predicted octanol–water partition coefficient (Wildman–Crippen LogP) is 3.41. The number of aromatic nitrogens is 2. The first-order valence-corrected chi connectivity index (χ1v) is 9.03. The average Bonchev–Trinajstić information content (AvgIpc) is 3.25. The minimum absolute atomic E-state index is 0.122. The molecule has 1 aliphatic heterocycles. The van der Waals surface area contributed by atoms with Crippen molar-refractivity contribution >= 4 is 12.0 Å². The third kappa shape index (κ3) is 4.40. The summed E-state index contributed by atoms with van der Waals surface area (Å²) < 4.78 is 39.6. The molecule has 0 N–H and O–H groups in total. The van der Waals surface area contributed by atoms with Gasteiger partial charge in [-0.25, -0.2) is 9.18 Å². The molecule has 0 saturated heterocycles. The first kappa shape index (κ1) is 19.4. The van der Waals surface area contributed by atoms with Gasteiger partial charge in [0.25, 0.3) is 5.89 Å². The van der Waals surface area contributed by atoms with E-state index in [0.29, 0.717) is 41.6 Å². The summed E-state index contributed by atoms with van der Waals surface area (Å²) in [4.78, 5) is 16.1. The van der Waals surface area contributed by atoms with Crippen LogP contribution < -0.4 is 14.2 Å². The van der Waals surface area contributed by atoms with Crippen LogP contribution >= 0.6 is 0 Å². The summed E-state index contributed by atoms with van der Waals surface area (Å²) in [5, 5.41) is 3.79. The Balaban J connectivity index is 1.37. The number of hydrogen-bond acceptors (Lipinski definition) is 8. The minimum Gasteiger partial charge on any atom is -0.493 e. The van der Waals surface area contributed by atoms with Crippen molar-refractivity contribution in [3.63, 3.8) is 0 Å². The molecule has 9 heteroatoms. The fraction of sp³-hybridized carbons (Fsp3) is 0.190. The zero-order valence-corrected chi connectivity index (χ0v) is 16.0. The third-order valence-corrected chi connectivity index (χ3v) is 4.17. The van der Waals surface area contributed by atoms with Gasteiger partial charge < -0.3 is 23.5 Å². The van der Waals surface area contributed by atoms with E-state index in [0.717, 1.165) is 0 Å². The predicted molar refractivity (Wildman–Crippen MR) is 103 cm³/mol. The molecule has 4 rings (SSSR count). The van der Waals surface area contributed by atoms with Crippen molar-refractivity contribution in [1.29, 1.82) is 0 Å². The summed E-state index contributed by atoms with van der Waals surface area (Å²) in [5.41, 5.74) is 1.27. The first-order valence-electron chi connectivity index (χ1n) is 9.03. The second-order valence-electron chi connectivity index (χ2n) is 6.21. The van der Waals surface area contributed by atoms with Crippen molar-refractivity contribution in [3.05, 3.63) is 59.7 Å². The Labute approximate surface area is 170 Å². The monoisotopic (exact) mass is 412 g/mol.